The standard InChI is InChI=1S/C9H16O3Si/c1-8(12-13(3,4)5)6-9(7-10)11-2/h6-7H,1H2,2-5H3. The summed E-state index contributed by atoms with van der Waals surface area (Å²) >= 11 is 0. The first-order chi connectivity index (χ1) is 5.89. The van der Waals surface area contributed by atoms with Crippen molar-refractivity contribution in [1.82, 2.24) is 0 Å². The summed E-state index contributed by atoms with van der Waals surface area (Å²) in [6.45, 7) is 9.80. The molecule has 0 heterocycles. The Morgan fingerprint density at radius 3 is 2.23 bits per heavy atom. The Morgan fingerprint density at radius 2 is 1.92 bits per heavy atom. The predicted molar refractivity (Wildman–Crippen MR) is 54.7 cm³/mol. The molecule has 3 nitrogen and oxygen atoms in total. The van der Waals surface area contributed by atoms with E-state index in [2.05, 4.69) is 6.58 Å². The van der Waals surface area contributed by atoms with E-state index in [1.165, 1.54) is 13.2 Å². The summed E-state index contributed by atoms with van der Waals surface area (Å²) in [5.41, 5.74) is 0. The maximum absolute atomic E-state index is 10.4. The van der Waals surface area contributed by atoms with Crippen molar-refractivity contribution in [2.45, 2.75) is 19.6 Å². The van der Waals surface area contributed by atoms with Crippen LogP contribution in [0, 0.1) is 0 Å². The van der Waals surface area contributed by atoms with E-state index in [9.17, 15) is 4.79 Å². The molecule has 0 aliphatic heterocycles. The number of rotatable bonds is 5. The van der Waals surface area contributed by atoms with Crippen LogP contribution in [-0.2, 0) is 14.0 Å². The van der Waals surface area contributed by atoms with Crippen molar-refractivity contribution in [3.63, 3.8) is 0 Å². The summed E-state index contributed by atoms with van der Waals surface area (Å²) in [6, 6.07) is 0. The smallest absolute Gasteiger partial charge is 0.242 e. The molecule has 0 rings (SSSR count). The summed E-state index contributed by atoms with van der Waals surface area (Å²) in [7, 11) is -0.196. The third-order valence-electron chi connectivity index (χ3n) is 1.09. The van der Waals surface area contributed by atoms with E-state index in [1.807, 2.05) is 19.6 Å². The van der Waals surface area contributed by atoms with Crippen molar-refractivity contribution in [3.05, 3.63) is 24.2 Å². The number of aldehydes is 1. The van der Waals surface area contributed by atoms with Gasteiger partial charge in [-0.3, -0.25) is 4.79 Å². The topological polar surface area (TPSA) is 35.5 Å². The zero-order valence-electron chi connectivity index (χ0n) is 8.59. The van der Waals surface area contributed by atoms with Crippen molar-refractivity contribution in [3.8, 4) is 0 Å². The van der Waals surface area contributed by atoms with Crippen LogP contribution in [0.3, 0.4) is 0 Å². The van der Waals surface area contributed by atoms with E-state index in [0.717, 1.165) is 0 Å². The minimum atomic E-state index is -1.63. The molecule has 0 bridgehead atoms. The van der Waals surface area contributed by atoms with Crippen molar-refractivity contribution in [2.75, 3.05) is 7.11 Å². The number of hydrogen-bond acceptors (Lipinski definition) is 3. The summed E-state index contributed by atoms with van der Waals surface area (Å²) < 4.78 is 10.3. The van der Waals surface area contributed by atoms with Crippen LogP contribution in [0.25, 0.3) is 0 Å². The first-order valence-electron chi connectivity index (χ1n) is 3.98. The molecule has 13 heavy (non-hydrogen) atoms. The monoisotopic (exact) mass is 200 g/mol. The van der Waals surface area contributed by atoms with Crippen LogP contribution in [0.2, 0.25) is 19.6 Å². The van der Waals surface area contributed by atoms with Crippen molar-refractivity contribution in [2.24, 2.45) is 0 Å². The lowest BCUT2D eigenvalue weighted by atomic mass is 10.4. The first kappa shape index (κ1) is 12.0. The van der Waals surface area contributed by atoms with E-state index < -0.39 is 8.32 Å². The Bertz CT molecular complexity index is 226. The van der Waals surface area contributed by atoms with Crippen LogP contribution in [0.1, 0.15) is 0 Å². The molecule has 0 saturated heterocycles. The lowest BCUT2D eigenvalue weighted by molar-refractivity contribution is -0.107. The summed E-state index contributed by atoms with van der Waals surface area (Å²) in [5, 5.41) is 0. The number of methoxy groups -OCH3 is 1. The van der Waals surface area contributed by atoms with Gasteiger partial charge in [0, 0.05) is 6.08 Å². The second-order valence-corrected chi connectivity index (χ2v) is 7.98. The molecule has 0 N–H and O–H groups in total. The van der Waals surface area contributed by atoms with E-state index in [-0.39, 0.29) is 5.76 Å². The molecule has 0 aromatic carbocycles. The van der Waals surface area contributed by atoms with Crippen molar-refractivity contribution < 1.29 is 14.0 Å². The number of hydrogen-bond donors (Lipinski definition) is 0. The number of ether oxygens (including phenoxy) is 1. The maximum atomic E-state index is 10.4. The third kappa shape index (κ3) is 6.16. The Labute approximate surface area is 80.2 Å². The Balaban J connectivity index is 4.29. The van der Waals surface area contributed by atoms with Gasteiger partial charge in [-0.05, 0) is 19.6 Å². The Hall–Kier alpha value is -1.03. The van der Waals surface area contributed by atoms with Gasteiger partial charge in [0.15, 0.2) is 12.0 Å². The van der Waals surface area contributed by atoms with Gasteiger partial charge in [-0.25, -0.2) is 0 Å². The molecule has 0 aromatic rings. The van der Waals surface area contributed by atoms with Gasteiger partial charge >= 0.3 is 0 Å². The maximum Gasteiger partial charge on any atom is 0.242 e. The molecule has 0 aliphatic carbocycles. The van der Waals surface area contributed by atoms with Crippen LogP contribution in [0.15, 0.2) is 24.2 Å². The molecule has 0 fully saturated rings. The largest absolute Gasteiger partial charge is 0.545 e. The van der Waals surface area contributed by atoms with Gasteiger partial charge in [0.05, 0.1) is 12.9 Å². The van der Waals surface area contributed by atoms with Gasteiger partial charge in [0.1, 0.15) is 0 Å². The van der Waals surface area contributed by atoms with Gasteiger partial charge in [-0.1, -0.05) is 6.58 Å². The van der Waals surface area contributed by atoms with E-state index in [1.54, 1.807) is 0 Å². The van der Waals surface area contributed by atoms with Gasteiger partial charge < -0.3 is 9.16 Å². The fourth-order valence-corrected chi connectivity index (χ4v) is 1.57. The van der Waals surface area contributed by atoms with Crippen LogP contribution < -0.4 is 0 Å². The van der Waals surface area contributed by atoms with Gasteiger partial charge in [0.2, 0.25) is 8.32 Å². The quantitative estimate of drug-likeness (QED) is 0.224. The second-order valence-electron chi connectivity index (χ2n) is 3.55. The minimum absolute atomic E-state index is 0.225. The fraction of sp³-hybridized carbons (Fsp3) is 0.444. The van der Waals surface area contributed by atoms with Crippen LogP contribution in [0.5, 0.6) is 0 Å². The van der Waals surface area contributed by atoms with E-state index in [0.29, 0.717) is 12.0 Å². The molecule has 0 aromatic heterocycles. The fourth-order valence-electron chi connectivity index (χ4n) is 0.722. The van der Waals surface area contributed by atoms with E-state index >= 15 is 0 Å². The molecule has 4 heteroatoms. The van der Waals surface area contributed by atoms with Crippen LogP contribution in [-0.4, -0.2) is 21.7 Å². The average molecular weight is 200 g/mol. The Kier molecular flexibility index (Phi) is 4.48. The lowest BCUT2D eigenvalue weighted by Crippen LogP contribution is -2.24. The van der Waals surface area contributed by atoms with Crippen LogP contribution in [0.4, 0.5) is 0 Å². The van der Waals surface area contributed by atoms with E-state index in [4.69, 9.17) is 9.16 Å². The second kappa shape index (κ2) is 4.86. The Morgan fingerprint density at radius 1 is 1.38 bits per heavy atom. The highest BCUT2D eigenvalue weighted by atomic mass is 28.4. The zero-order chi connectivity index (χ0) is 10.5. The van der Waals surface area contributed by atoms with Gasteiger partial charge in [-0.2, -0.15) is 0 Å². The SMILES string of the molecule is C=C(C=C(C=O)OC)O[Si](C)(C)C. The molecule has 0 radical (unpaired) electrons. The molecule has 0 unspecified atom stereocenters. The third-order valence-corrected chi connectivity index (χ3v) is 1.97. The highest BCUT2D eigenvalue weighted by Crippen LogP contribution is 2.10. The number of carbonyl (C=O) groups excluding carboxylic acids is 1. The number of carbonyl (C=O) groups is 1. The average Bonchev–Trinajstić information content (AvgIpc) is 1.96. The minimum Gasteiger partial charge on any atom is -0.545 e. The summed E-state index contributed by atoms with van der Waals surface area (Å²) in [6.07, 6.45) is 2.12. The highest BCUT2D eigenvalue weighted by Gasteiger charge is 2.16. The molecular formula is C9H16O3Si. The zero-order valence-corrected chi connectivity index (χ0v) is 9.59. The lowest BCUT2D eigenvalue weighted by Gasteiger charge is -2.19. The molecule has 0 amide bonds. The molecular weight excluding hydrogens is 184 g/mol. The molecule has 0 saturated carbocycles. The molecule has 74 valence electrons. The normalized spacial score (nSPS) is 12.2. The molecule has 0 atom stereocenters. The van der Waals surface area contributed by atoms with Crippen molar-refractivity contribution >= 4 is 14.6 Å². The summed E-state index contributed by atoms with van der Waals surface area (Å²) in [4.78, 5) is 10.4. The highest BCUT2D eigenvalue weighted by molar-refractivity contribution is 6.70. The van der Waals surface area contributed by atoms with Crippen molar-refractivity contribution in [1.29, 1.82) is 0 Å². The van der Waals surface area contributed by atoms with Gasteiger partial charge in [0.25, 0.3) is 0 Å². The van der Waals surface area contributed by atoms with Crippen LogP contribution >= 0.6 is 0 Å². The molecule has 0 spiro atoms. The number of allylic oxidation sites excluding steroid dienone is 2. The summed E-state index contributed by atoms with van der Waals surface area (Å²) in [5.74, 6) is 0.700. The molecule has 0 aliphatic rings. The predicted octanol–water partition coefficient (Wildman–Crippen LogP) is 2.08. The first-order valence-corrected chi connectivity index (χ1v) is 7.38. The van der Waals surface area contributed by atoms with Gasteiger partial charge in [-0.15, -0.1) is 0 Å².